The van der Waals surface area contributed by atoms with Crippen molar-refractivity contribution in [3.63, 3.8) is 0 Å². The SMILES string of the molecule is C1CCN(P=NPN2CCCCC2)CC1. The van der Waals surface area contributed by atoms with Crippen LogP contribution in [0.4, 0.5) is 0 Å². The molecule has 2 saturated heterocycles. The van der Waals surface area contributed by atoms with Crippen LogP contribution in [0.2, 0.25) is 0 Å². The molecule has 0 aromatic carbocycles. The molecule has 86 valence electrons. The molecule has 0 aliphatic carbocycles. The molecule has 2 fully saturated rings. The Morgan fingerprint density at radius 1 is 0.800 bits per heavy atom. The van der Waals surface area contributed by atoms with Gasteiger partial charge in [-0.25, -0.2) is 9.19 Å². The van der Waals surface area contributed by atoms with Gasteiger partial charge in [0.15, 0.2) is 0 Å². The van der Waals surface area contributed by atoms with Crippen LogP contribution in [-0.4, -0.2) is 35.5 Å². The second kappa shape index (κ2) is 6.91. The molecule has 15 heavy (non-hydrogen) atoms. The molecule has 2 aliphatic heterocycles. The van der Waals surface area contributed by atoms with Crippen LogP contribution in [0.15, 0.2) is 4.52 Å². The lowest BCUT2D eigenvalue weighted by Gasteiger charge is -2.24. The lowest BCUT2D eigenvalue weighted by Crippen LogP contribution is -2.21. The quantitative estimate of drug-likeness (QED) is 0.708. The fourth-order valence-electron chi connectivity index (χ4n) is 2.11. The van der Waals surface area contributed by atoms with Crippen molar-refractivity contribution in [2.75, 3.05) is 26.2 Å². The summed E-state index contributed by atoms with van der Waals surface area (Å²) in [5.74, 6) is 0. The summed E-state index contributed by atoms with van der Waals surface area (Å²) >= 11 is 0. The molecule has 0 bridgehead atoms. The topological polar surface area (TPSA) is 18.8 Å². The highest BCUT2D eigenvalue weighted by Crippen LogP contribution is 2.30. The van der Waals surface area contributed by atoms with E-state index in [9.17, 15) is 0 Å². The molecule has 0 spiro atoms. The fourth-order valence-corrected chi connectivity index (χ4v) is 4.26. The van der Waals surface area contributed by atoms with Crippen molar-refractivity contribution in [2.24, 2.45) is 4.52 Å². The van der Waals surface area contributed by atoms with Crippen molar-refractivity contribution in [1.29, 1.82) is 0 Å². The van der Waals surface area contributed by atoms with Gasteiger partial charge >= 0.3 is 0 Å². The van der Waals surface area contributed by atoms with Gasteiger partial charge in [0.05, 0.1) is 17.4 Å². The molecule has 0 saturated carbocycles. The molecule has 2 heterocycles. The maximum absolute atomic E-state index is 4.67. The van der Waals surface area contributed by atoms with Gasteiger partial charge in [-0.15, -0.1) is 0 Å². The molecule has 2 aliphatic rings. The van der Waals surface area contributed by atoms with Crippen LogP contribution < -0.4 is 0 Å². The van der Waals surface area contributed by atoms with Crippen LogP contribution in [0.3, 0.4) is 0 Å². The van der Waals surface area contributed by atoms with Gasteiger partial charge in [-0.2, -0.15) is 0 Å². The minimum absolute atomic E-state index is 0.710. The van der Waals surface area contributed by atoms with Crippen LogP contribution in [-0.2, 0) is 0 Å². The van der Waals surface area contributed by atoms with Crippen molar-refractivity contribution in [2.45, 2.75) is 38.5 Å². The maximum atomic E-state index is 4.67. The lowest BCUT2D eigenvalue weighted by molar-refractivity contribution is 0.372. The van der Waals surface area contributed by atoms with Gasteiger partial charge in [0.25, 0.3) is 0 Å². The minimum Gasteiger partial charge on any atom is -0.266 e. The predicted octanol–water partition coefficient (Wildman–Crippen LogP) is 3.51. The van der Waals surface area contributed by atoms with E-state index in [2.05, 4.69) is 13.9 Å². The zero-order valence-corrected chi connectivity index (χ0v) is 11.3. The van der Waals surface area contributed by atoms with Gasteiger partial charge in [-0.3, -0.25) is 4.67 Å². The third-order valence-electron chi connectivity index (χ3n) is 3.05. The van der Waals surface area contributed by atoms with E-state index in [0.717, 1.165) is 0 Å². The monoisotopic (exact) mass is 245 g/mol. The summed E-state index contributed by atoms with van der Waals surface area (Å²) in [6, 6.07) is 0. The molecule has 0 amide bonds. The maximum Gasteiger partial charge on any atom is 0.0984 e. The Kier molecular flexibility index (Phi) is 5.49. The first-order valence-electron chi connectivity index (χ1n) is 6.11. The van der Waals surface area contributed by atoms with Crippen LogP contribution >= 0.6 is 17.4 Å². The first-order chi connectivity index (χ1) is 7.45. The first kappa shape index (κ1) is 11.9. The highest BCUT2D eigenvalue weighted by atomic mass is 31.1. The third-order valence-corrected chi connectivity index (χ3v) is 5.14. The molecule has 3 nitrogen and oxygen atoms in total. The highest BCUT2D eigenvalue weighted by molar-refractivity contribution is 7.42. The van der Waals surface area contributed by atoms with Crippen molar-refractivity contribution in [3.8, 4) is 0 Å². The molecule has 2 rings (SSSR count). The van der Waals surface area contributed by atoms with E-state index in [1.165, 1.54) is 73.2 Å². The van der Waals surface area contributed by atoms with E-state index < -0.39 is 0 Å². The second-order valence-electron chi connectivity index (χ2n) is 4.35. The molecule has 0 aromatic heterocycles. The summed E-state index contributed by atoms with van der Waals surface area (Å²) < 4.78 is 9.66. The Bertz CT molecular complexity index is 199. The highest BCUT2D eigenvalue weighted by Gasteiger charge is 2.10. The average molecular weight is 245 g/mol. The molecular weight excluding hydrogens is 224 g/mol. The van der Waals surface area contributed by atoms with Gasteiger partial charge in [0.2, 0.25) is 0 Å². The Balaban J connectivity index is 1.64. The Morgan fingerprint density at radius 2 is 1.40 bits per heavy atom. The van der Waals surface area contributed by atoms with Gasteiger partial charge in [-0.1, -0.05) is 12.8 Å². The summed E-state index contributed by atoms with van der Waals surface area (Å²) in [4.78, 5) is 0. The van der Waals surface area contributed by atoms with E-state index in [-0.39, 0.29) is 0 Å². The zero-order valence-electron chi connectivity index (χ0n) is 9.36. The summed E-state index contributed by atoms with van der Waals surface area (Å²) in [5, 5.41) is 0. The first-order valence-corrected chi connectivity index (χ1v) is 7.81. The third kappa shape index (κ3) is 4.44. The van der Waals surface area contributed by atoms with Gasteiger partial charge in [0, 0.05) is 26.2 Å². The van der Waals surface area contributed by atoms with Gasteiger partial charge in [0.1, 0.15) is 0 Å². The van der Waals surface area contributed by atoms with E-state index >= 15 is 0 Å². The summed E-state index contributed by atoms with van der Waals surface area (Å²) in [7, 11) is 1.94. The van der Waals surface area contributed by atoms with Crippen molar-refractivity contribution in [3.05, 3.63) is 0 Å². The molecule has 1 unspecified atom stereocenters. The number of hydrogen-bond donors (Lipinski definition) is 0. The number of nitrogens with zero attached hydrogens (tertiary/aromatic N) is 3. The predicted molar refractivity (Wildman–Crippen MR) is 68.5 cm³/mol. The van der Waals surface area contributed by atoms with E-state index in [4.69, 9.17) is 0 Å². The summed E-state index contributed by atoms with van der Waals surface area (Å²) in [6.45, 7) is 5.07. The normalized spacial score (nSPS) is 26.9. The number of rotatable bonds is 3. The van der Waals surface area contributed by atoms with E-state index in [1.807, 2.05) is 0 Å². The average Bonchev–Trinajstić information content (AvgIpc) is 2.32. The van der Waals surface area contributed by atoms with Crippen molar-refractivity contribution in [1.82, 2.24) is 9.34 Å². The van der Waals surface area contributed by atoms with Crippen LogP contribution in [0.25, 0.3) is 0 Å². The fraction of sp³-hybridized carbons (Fsp3) is 1.00. The zero-order chi connectivity index (χ0) is 10.3. The molecule has 1 atom stereocenters. The minimum atomic E-state index is 0.710. The van der Waals surface area contributed by atoms with Gasteiger partial charge in [-0.05, 0) is 25.7 Å². The molecule has 0 radical (unpaired) electrons. The van der Waals surface area contributed by atoms with Crippen LogP contribution in [0.1, 0.15) is 38.5 Å². The Labute approximate surface area is 96.4 Å². The van der Waals surface area contributed by atoms with Crippen molar-refractivity contribution >= 4 is 17.4 Å². The Morgan fingerprint density at radius 3 is 2.07 bits per heavy atom. The van der Waals surface area contributed by atoms with Crippen LogP contribution in [0, 0.1) is 0 Å². The van der Waals surface area contributed by atoms with Crippen molar-refractivity contribution < 1.29 is 0 Å². The molecular formula is C10H21N3P2. The number of piperidine rings is 2. The lowest BCUT2D eigenvalue weighted by atomic mass is 10.2. The molecule has 5 heteroatoms. The van der Waals surface area contributed by atoms with Crippen LogP contribution in [0.5, 0.6) is 0 Å². The largest absolute Gasteiger partial charge is 0.266 e. The Hall–Kier alpha value is 0.450. The standard InChI is InChI=1S/C10H21N3P2/c1-3-7-12(8-4-1)14-11-15-13-9-5-2-6-10-13/h14H,1-10H2. The molecule has 0 N–H and O–H groups in total. The summed E-state index contributed by atoms with van der Waals surface area (Å²) in [6.07, 6.45) is 8.34. The second-order valence-corrected chi connectivity index (χ2v) is 6.73. The number of hydrogen-bond acceptors (Lipinski definition) is 2. The van der Waals surface area contributed by atoms with Gasteiger partial charge < -0.3 is 0 Å². The summed E-state index contributed by atoms with van der Waals surface area (Å²) in [5.41, 5.74) is 0. The smallest absolute Gasteiger partial charge is 0.0984 e. The van der Waals surface area contributed by atoms with E-state index in [0.29, 0.717) is 8.88 Å². The molecule has 0 aromatic rings. The van der Waals surface area contributed by atoms with E-state index in [1.54, 1.807) is 0 Å².